The Balaban J connectivity index is 2.11. The first-order valence-electron chi connectivity index (χ1n) is 6.57. The van der Waals surface area contributed by atoms with Crippen molar-refractivity contribution in [2.45, 2.75) is 13.3 Å². The van der Waals surface area contributed by atoms with Crippen molar-refractivity contribution in [3.8, 4) is 22.1 Å². The Hall–Kier alpha value is -2.40. The average Bonchev–Trinajstić information content (AvgIpc) is 3.14. The van der Waals surface area contributed by atoms with Gasteiger partial charge in [0.25, 0.3) is 0 Å². The molecule has 4 nitrogen and oxygen atoms in total. The third-order valence-electron chi connectivity index (χ3n) is 3.08. The number of carbonyl (C=O) groups is 1. The molecule has 0 saturated carbocycles. The summed E-state index contributed by atoms with van der Waals surface area (Å²) in [7, 11) is 0. The molecule has 0 aliphatic heterocycles. The average molecular weight is 299 g/mol. The first kappa shape index (κ1) is 13.6. The molecular formula is C16H13NO3S. The Morgan fingerprint density at radius 3 is 2.62 bits per heavy atom. The van der Waals surface area contributed by atoms with Crippen molar-refractivity contribution in [1.82, 2.24) is 4.98 Å². The molecule has 0 atom stereocenters. The van der Waals surface area contributed by atoms with E-state index in [-0.39, 0.29) is 5.69 Å². The maximum atomic E-state index is 11.4. The molecule has 3 aromatic rings. The highest BCUT2D eigenvalue weighted by molar-refractivity contribution is 7.15. The van der Waals surface area contributed by atoms with Crippen molar-refractivity contribution in [1.29, 1.82) is 0 Å². The van der Waals surface area contributed by atoms with E-state index in [4.69, 9.17) is 4.42 Å². The number of aromatic carboxylic acids is 1. The third-order valence-corrected chi connectivity index (χ3v) is 4.31. The highest BCUT2D eigenvalue weighted by atomic mass is 32.1. The summed E-state index contributed by atoms with van der Waals surface area (Å²) in [5.41, 5.74) is 0.719. The molecule has 0 bridgehead atoms. The van der Waals surface area contributed by atoms with Gasteiger partial charge in [-0.2, -0.15) is 0 Å². The smallest absolute Gasteiger partial charge is 0.358 e. The zero-order valence-electron chi connectivity index (χ0n) is 11.4. The van der Waals surface area contributed by atoms with Gasteiger partial charge in [-0.05, 0) is 30.7 Å². The molecule has 5 heteroatoms. The van der Waals surface area contributed by atoms with Crippen LogP contribution in [0.2, 0.25) is 0 Å². The van der Waals surface area contributed by atoms with Gasteiger partial charge in [0.15, 0.2) is 11.5 Å². The van der Waals surface area contributed by atoms with E-state index in [0.29, 0.717) is 11.7 Å². The Labute approximate surface area is 125 Å². The van der Waals surface area contributed by atoms with Crippen molar-refractivity contribution >= 4 is 17.3 Å². The zero-order valence-corrected chi connectivity index (χ0v) is 12.2. The van der Waals surface area contributed by atoms with Crippen molar-refractivity contribution in [3.05, 3.63) is 53.0 Å². The second kappa shape index (κ2) is 5.54. The molecule has 1 N–H and O–H groups in total. The summed E-state index contributed by atoms with van der Waals surface area (Å²) in [6, 6.07) is 13.2. The number of carboxylic acid groups (broad SMARTS) is 1. The Kier molecular flexibility index (Phi) is 3.58. The van der Waals surface area contributed by atoms with E-state index in [9.17, 15) is 9.90 Å². The Morgan fingerprint density at radius 2 is 2.00 bits per heavy atom. The zero-order chi connectivity index (χ0) is 14.8. The fourth-order valence-electron chi connectivity index (χ4n) is 2.03. The minimum Gasteiger partial charge on any atom is -0.476 e. The summed E-state index contributed by atoms with van der Waals surface area (Å²) in [6.45, 7) is 2.06. The van der Waals surface area contributed by atoms with Gasteiger partial charge in [-0.3, -0.25) is 0 Å². The molecule has 0 saturated heterocycles. The van der Waals surface area contributed by atoms with Gasteiger partial charge in [0, 0.05) is 10.4 Å². The van der Waals surface area contributed by atoms with Gasteiger partial charge in [-0.15, -0.1) is 11.3 Å². The minimum absolute atomic E-state index is 0.0432. The number of nitrogens with zero attached hydrogens (tertiary/aromatic N) is 1. The van der Waals surface area contributed by atoms with Crippen LogP contribution in [0.1, 0.15) is 22.3 Å². The highest BCUT2D eigenvalue weighted by Crippen LogP contribution is 2.34. The molecule has 3 rings (SSSR count). The number of rotatable bonds is 4. The van der Waals surface area contributed by atoms with E-state index in [1.807, 2.05) is 42.5 Å². The van der Waals surface area contributed by atoms with Crippen LogP contribution in [0.3, 0.4) is 0 Å². The molecule has 1 aromatic carbocycles. The van der Waals surface area contributed by atoms with Crippen LogP contribution in [0, 0.1) is 0 Å². The van der Waals surface area contributed by atoms with E-state index >= 15 is 0 Å². The lowest BCUT2D eigenvalue weighted by molar-refractivity contribution is 0.0691. The van der Waals surface area contributed by atoms with E-state index < -0.39 is 5.97 Å². The predicted molar refractivity (Wildman–Crippen MR) is 81.6 cm³/mol. The second-order valence-corrected chi connectivity index (χ2v) is 5.66. The van der Waals surface area contributed by atoms with Gasteiger partial charge in [-0.25, -0.2) is 9.78 Å². The van der Waals surface area contributed by atoms with Crippen molar-refractivity contribution in [2.24, 2.45) is 0 Å². The topological polar surface area (TPSA) is 63.3 Å². The molecule has 0 unspecified atom stereocenters. The van der Waals surface area contributed by atoms with Crippen molar-refractivity contribution in [2.75, 3.05) is 0 Å². The van der Waals surface area contributed by atoms with Crippen LogP contribution >= 0.6 is 11.3 Å². The maximum absolute atomic E-state index is 11.4. The van der Waals surface area contributed by atoms with E-state index in [1.165, 1.54) is 16.2 Å². The summed E-state index contributed by atoms with van der Waals surface area (Å²) in [4.78, 5) is 17.5. The number of benzene rings is 1. The fourth-order valence-corrected chi connectivity index (χ4v) is 2.96. The lowest BCUT2D eigenvalue weighted by Crippen LogP contribution is -1.98. The Bertz CT molecular complexity index is 774. The van der Waals surface area contributed by atoms with Crippen LogP contribution in [0.5, 0.6) is 0 Å². The number of hydrogen-bond donors (Lipinski definition) is 1. The molecule has 0 amide bonds. The molecule has 106 valence electrons. The summed E-state index contributed by atoms with van der Waals surface area (Å²) in [6.07, 6.45) is 0.909. The summed E-state index contributed by atoms with van der Waals surface area (Å²) >= 11 is 1.53. The normalized spacial score (nSPS) is 10.7. The van der Waals surface area contributed by atoms with Gasteiger partial charge in [-0.1, -0.05) is 25.1 Å². The lowest BCUT2D eigenvalue weighted by Gasteiger charge is -1.94. The number of carboxylic acids is 1. The second-order valence-electron chi connectivity index (χ2n) is 4.49. The summed E-state index contributed by atoms with van der Waals surface area (Å²) < 4.78 is 5.72. The Morgan fingerprint density at radius 1 is 1.24 bits per heavy atom. The third kappa shape index (κ3) is 2.60. The van der Waals surface area contributed by atoms with Crippen LogP contribution in [0.25, 0.3) is 22.1 Å². The number of aryl methyl sites for hydroxylation is 1. The van der Waals surface area contributed by atoms with E-state index in [2.05, 4.69) is 11.9 Å². The van der Waals surface area contributed by atoms with Crippen LogP contribution < -0.4 is 0 Å². The summed E-state index contributed by atoms with van der Waals surface area (Å²) in [5.74, 6) is -0.428. The fraction of sp³-hybridized carbons (Fsp3) is 0.125. The first-order chi connectivity index (χ1) is 10.2. The molecule has 0 aliphatic rings. The molecule has 0 radical (unpaired) electrons. The van der Waals surface area contributed by atoms with Crippen LogP contribution in [0.15, 0.2) is 46.9 Å². The van der Waals surface area contributed by atoms with Crippen LogP contribution in [-0.2, 0) is 6.42 Å². The molecule has 2 aromatic heterocycles. The number of hydrogen-bond acceptors (Lipinski definition) is 4. The molecule has 0 spiro atoms. The molecular weight excluding hydrogens is 286 g/mol. The van der Waals surface area contributed by atoms with Gasteiger partial charge in [0.1, 0.15) is 0 Å². The molecule has 21 heavy (non-hydrogen) atoms. The highest BCUT2D eigenvalue weighted by Gasteiger charge is 2.22. The van der Waals surface area contributed by atoms with Crippen molar-refractivity contribution < 1.29 is 14.3 Å². The van der Waals surface area contributed by atoms with E-state index in [1.54, 1.807) is 0 Å². The number of aromatic nitrogens is 1. The predicted octanol–water partition coefficient (Wildman–Crippen LogP) is 4.33. The van der Waals surface area contributed by atoms with E-state index in [0.717, 1.165) is 16.9 Å². The van der Waals surface area contributed by atoms with Gasteiger partial charge >= 0.3 is 5.97 Å². The molecule has 2 heterocycles. The number of thiophene rings is 1. The number of oxazole rings is 1. The summed E-state index contributed by atoms with van der Waals surface area (Å²) in [5, 5.41) is 9.33. The first-order valence-corrected chi connectivity index (χ1v) is 7.39. The molecule has 0 fully saturated rings. The van der Waals surface area contributed by atoms with Crippen molar-refractivity contribution in [3.63, 3.8) is 0 Å². The SMILES string of the molecule is CCc1ccc(-c2oc(-c3ccccc3)nc2C(=O)O)s1. The monoisotopic (exact) mass is 299 g/mol. The van der Waals surface area contributed by atoms with Gasteiger partial charge in [0.05, 0.1) is 4.88 Å². The maximum Gasteiger partial charge on any atom is 0.358 e. The van der Waals surface area contributed by atoms with Crippen LogP contribution in [0.4, 0.5) is 0 Å². The standard InChI is InChI=1S/C16H13NO3S/c1-2-11-8-9-12(21-11)14-13(16(18)19)17-15(20-14)10-6-4-3-5-7-10/h3-9H,2H2,1H3,(H,18,19). The van der Waals surface area contributed by atoms with Gasteiger partial charge < -0.3 is 9.52 Å². The quantitative estimate of drug-likeness (QED) is 0.778. The molecule has 0 aliphatic carbocycles. The lowest BCUT2D eigenvalue weighted by atomic mass is 10.2. The van der Waals surface area contributed by atoms with Gasteiger partial charge in [0.2, 0.25) is 5.89 Å². The minimum atomic E-state index is -1.08. The van der Waals surface area contributed by atoms with Crippen LogP contribution in [-0.4, -0.2) is 16.1 Å². The largest absolute Gasteiger partial charge is 0.476 e.